The van der Waals surface area contributed by atoms with E-state index in [0.29, 0.717) is 12.7 Å². The summed E-state index contributed by atoms with van der Waals surface area (Å²) in [7, 11) is 0. The van der Waals surface area contributed by atoms with Gasteiger partial charge in [0, 0.05) is 5.92 Å². The molecule has 2 saturated heterocycles. The molecule has 3 atom stereocenters. The SMILES string of the molecule is CC1CCC(CC2COC(C)(C)C2=O)O1. The molecule has 0 aliphatic carbocycles. The van der Waals surface area contributed by atoms with Crippen LogP contribution in [0.2, 0.25) is 0 Å². The van der Waals surface area contributed by atoms with Crippen LogP contribution in [0, 0.1) is 5.92 Å². The number of rotatable bonds is 2. The van der Waals surface area contributed by atoms with E-state index in [1.54, 1.807) is 0 Å². The van der Waals surface area contributed by atoms with Crippen molar-refractivity contribution in [3.05, 3.63) is 0 Å². The predicted octanol–water partition coefficient (Wildman–Crippen LogP) is 1.94. The Hall–Kier alpha value is -0.410. The molecule has 3 nitrogen and oxygen atoms in total. The Labute approximate surface area is 91.1 Å². The fourth-order valence-corrected chi connectivity index (χ4v) is 2.50. The first-order valence-corrected chi connectivity index (χ1v) is 5.83. The molecule has 0 saturated carbocycles. The number of Topliss-reactive ketones (excluding diaryl/α,β-unsaturated/α-hetero) is 1. The second kappa shape index (κ2) is 3.87. The minimum absolute atomic E-state index is 0.0512. The van der Waals surface area contributed by atoms with E-state index >= 15 is 0 Å². The fraction of sp³-hybridized carbons (Fsp3) is 0.917. The second-order valence-corrected chi connectivity index (χ2v) is 5.26. The molecule has 86 valence electrons. The molecule has 0 aromatic heterocycles. The second-order valence-electron chi connectivity index (χ2n) is 5.26. The monoisotopic (exact) mass is 212 g/mol. The van der Waals surface area contributed by atoms with Crippen LogP contribution in [0.4, 0.5) is 0 Å². The molecule has 2 rings (SSSR count). The summed E-state index contributed by atoms with van der Waals surface area (Å²) in [4.78, 5) is 11.9. The number of ketones is 1. The largest absolute Gasteiger partial charge is 0.375 e. The van der Waals surface area contributed by atoms with Crippen molar-refractivity contribution >= 4 is 5.78 Å². The van der Waals surface area contributed by atoms with E-state index in [4.69, 9.17) is 9.47 Å². The smallest absolute Gasteiger partial charge is 0.169 e. The topological polar surface area (TPSA) is 35.5 Å². The van der Waals surface area contributed by atoms with Gasteiger partial charge in [-0.05, 0) is 40.0 Å². The van der Waals surface area contributed by atoms with Gasteiger partial charge in [-0.3, -0.25) is 4.79 Å². The Morgan fingerprint density at radius 1 is 1.40 bits per heavy atom. The fourth-order valence-electron chi connectivity index (χ4n) is 2.50. The highest BCUT2D eigenvalue weighted by Crippen LogP contribution is 2.32. The lowest BCUT2D eigenvalue weighted by Crippen LogP contribution is -2.31. The molecule has 15 heavy (non-hydrogen) atoms. The summed E-state index contributed by atoms with van der Waals surface area (Å²) >= 11 is 0. The van der Waals surface area contributed by atoms with Crippen molar-refractivity contribution in [1.82, 2.24) is 0 Å². The van der Waals surface area contributed by atoms with Gasteiger partial charge in [-0.2, -0.15) is 0 Å². The first-order valence-electron chi connectivity index (χ1n) is 5.83. The van der Waals surface area contributed by atoms with Crippen molar-refractivity contribution in [2.24, 2.45) is 5.92 Å². The van der Waals surface area contributed by atoms with Gasteiger partial charge in [0.1, 0.15) is 5.60 Å². The molecule has 3 unspecified atom stereocenters. The lowest BCUT2D eigenvalue weighted by atomic mass is 9.91. The number of carbonyl (C=O) groups excluding carboxylic acids is 1. The Balaban J connectivity index is 1.89. The number of hydrogen-bond donors (Lipinski definition) is 0. The molecule has 2 aliphatic rings. The first kappa shape index (κ1) is 11.1. The van der Waals surface area contributed by atoms with Crippen molar-refractivity contribution in [3.63, 3.8) is 0 Å². The third-order valence-corrected chi connectivity index (χ3v) is 3.48. The van der Waals surface area contributed by atoms with E-state index in [0.717, 1.165) is 19.3 Å². The predicted molar refractivity (Wildman–Crippen MR) is 56.7 cm³/mol. The van der Waals surface area contributed by atoms with E-state index in [-0.39, 0.29) is 17.8 Å². The Morgan fingerprint density at radius 3 is 2.60 bits per heavy atom. The van der Waals surface area contributed by atoms with E-state index in [2.05, 4.69) is 6.92 Å². The van der Waals surface area contributed by atoms with Crippen LogP contribution in [0.25, 0.3) is 0 Å². The minimum Gasteiger partial charge on any atom is -0.375 e. The third-order valence-electron chi connectivity index (χ3n) is 3.48. The average Bonchev–Trinajstić information content (AvgIpc) is 2.66. The van der Waals surface area contributed by atoms with Crippen LogP contribution in [-0.4, -0.2) is 30.2 Å². The maximum absolute atomic E-state index is 11.9. The molecule has 2 heterocycles. The molecule has 2 fully saturated rings. The van der Waals surface area contributed by atoms with Gasteiger partial charge in [0.05, 0.1) is 18.8 Å². The zero-order valence-electron chi connectivity index (χ0n) is 9.79. The molecule has 0 amide bonds. The summed E-state index contributed by atoms with van der Waals surface area (Å²) in [6.45, 7) is 6.37. The van der Waals surface area contributed by atoms with Crippen molar-refractivity contribution in [2.75, 3.05) is 6.61 Å². The maximum atomic E-state index is 11.9. The highest BCUT2D eigenvalue weighted by atomic mass is 16.5. The molecule has 0 aromatic rings. The molecule has 3 heteroatoms. The number of carbonyl (C=O) groups is 1. The van der Waals surface area contributed by atoms with Gasteiger partial charge in [0.2, 0.25) is 0 Å². The maximum Gasteiger partial charge on any atom is 0.169 e. The molecule has 0 N–H and O–H groups in total. The molecule has 2 aliphatic heterocycles. The van der Waals surface area contributed by atoms with Crippen molar-refractivity contribution < 1.29 is 14.3 Å². The molecular weight excluding hydrogens is 192 g/mol. The summed E-state index contributed by atoms with van der Waals surface area (Å²) in [5.41, 5.74) is -0.575. The standard InChI is InChI=1S/C12H20O3/c1-8-4-5-10(15-8)6-9-7-14-12(2,3)11(9)13/h8-10H,4-7H2,1-3H3. The summed E-state index contributed by atoms with van der Waals surface area (Å²) in [6, 6.07) is 0. The minimum atomic E-state index is -0.575. The van der Waals surface area contributed by atoms with E-state index in [9.17, 15) is 4.79 Å². The zero-order chi connectivity index (χ0) is 11.1. The van der Waals surface area contributed by atoms with Crippen molar-refractivity contribution in [1.29, 1.82) is 0 Å². The lowest BCUT2D eigenvalue weighted by Gasteiger charge is -2.16. The van der Waals surface area contributed by atoms with Gasteiger partial charge in [0.25, 0.3) is 0 Å². The van der Waals surface area contributed by atoms with Crippen LogP contribution in [0.5, 0.6) is 0 Å². The summed E-state index contributed by atoms with van der Waals surface area (Å²) in [5.74, 6) is 0.293. The normalized spacial score (nSPS) is 39.9. The highest BCUT2D eigenvalue weighted by Gasteiger charge is 2.43. The molecule has 0 spiro atoms. The average molecular weight is 212 g/mol. The summed E-state index contributed by atoms with van der Waals surface area (Å²) < 4.78 is 11.2. The van der Waals surface area contributed by atoms with Crippen LogP contribution >= 0.6 is 0 Å². The van der Waals surface area contributed by atoms with Crippen LogP contribution < -0.4 is 0 Å². The van der Waals surface area contributed by atoms with Gasteiger partial charge in [-0.15, -0.1) is 0 Å². The Morgan fingerprint density at radius 2 is 2.13 bits per heavy atom. The van der Waals surface area contributed by atoms with Gasteiger partial charge in [-0.25, -0.2) is 0 Å². The third kappa shape index (κ3) is 2.23. The van der Waals surface area contributed by atoms with Gasteiger partial charge >= 0.3 is 0 Å². The summed E-state index contributed by atoms with van der Waals surface area (Å²) in [5, 5.41) is 0. The molecule has 0 bridgehead atoms. The first-order chi connectivity index (χ1) is 6.99. The van der Waals surface area contributed by atoms with Gasteiger partial charge in [-0.1, -0.05) is 0 Å². The van der Waals surface area contributed by atoms with E-state index < -0.39 is 5.60 Å². The molecule has 0 aromatic carbocycles. The summed E-state index contributed by atoms with van der Waals surface area (Å²) in [6.07, 6.45) is 3.68. The molecule has 0 radical (unpaired) electrons. The van der Waals surface area contributed by atoms with Crippen LogP contribution in [-0.2, 0) is 14.3 Å². The number of hydrogen-bond acceptors (Lipinski definition) is 3. The Bertz CT molecular complexity index is 260. The quantitative estimate of drug-likeness (QED) is 0.701. The number of ether oxygens (including phenoxy) is 2. The van der Waals surface area contributed by atoms with Crippen LogP contribution in [0.3, 0.4) is 0 Å². The van der Waals surface area contributed by atoms with Gasteiger partial charge in [0.15, 0.2) is 5.78 Å². The van der Waals surface area contributed by atoms with Crippen LogP contribution in [0.1, 0.15) is 40.0 Å². The Kier molecular flexibility index (Phi) is 2.86. The zero-order valence-corrected chi connectivity index (χ0v) is 9.79. The highest BCUT2D eigenvalue weighted by molar-refractivity contribution is 5.90. The van der Waals surface area contributed by atoms with Crippen molar-refractivity contribution in [3.8, 4) is 0 Å². The lowest BCUT2D eigenvalue weighted by molar-refractivity contribution is -0.130. The van der Waals surface area contributed by atoms with E-state index in [1.807, 2.05) is 13.8 Å². The van der Waals surface area contributed by atoms with Crippen molar-refractivity contribution in [2.45, 2.75) is 57.8 Å². The van der Waals surface area contributed by atoms with Gasteiger partial charge < -0.3 is 9.47 Å². The van der Waals surface area contributed by atoms with E-state index in [1.165, 1.54) is 0 Å². The molecular formula is C12H20O3. The van der Waals surface area contributed by atoms with Crippen LogP contribution in [0.15, 0.2) is 0 Å².